The molecule has 0 spiro atoms. The highest BCUT2D eigenvalue weighted by Crippen LogP contribution is 2.27. The predicted molar refractivity (Wildman–Crippen MR) is 70.0 cm³/mol. The third-order valence-electron chi connectivity index (χ3n) is 3.64. The maximum atomic E-state index is 12.2. The SMILES string of the molecule is NC1CCCC1C(=O)Nc1cccc2cn[nH]c12. The minimum absolute atomic E-state index is 0.00836. The van der Waals surface area contributed by atoms with Crippen LogP contribution < -0.4 is 11.1 Å². The normalized spacial score (nSPS) is 23.4. The first-order valence-electron chi connectivity index (χ1n) is 6.24. The zero-order valence-corrected chi connectivity index (χ0v) is 10.0. The second kappa shape index (κ2) is 4.42. The lowest BCUT2D eigenvalue weighted by molar-refractivity contribution is -0.120. The van der Waals surface area contributed by atoms with E-state index in [1.54, 1.807) is 6.20 Å². The van der Waals surface area contributed by atoms with Crippen LogP contribution in [0.5, 0.6) is 0 Å². The summed E-state index contributed by atoms with van der Waals surface area (Å²) in [5.74, 6) is -0.0507. The van der Waals surface area contributed by atoms with Gasteiger partial charge in [0.25, 0.3) is 0 Å². The van der Waals surface area contributed by atoms with Crippen LogP contribution in [-0.2, 0) is 4.79 Å². The van der Waals surface area contributed by atoms with Gasteiger partial charge in [0.2, 0.25) is 5.91 Å². The molecule has 0 bridgehead atoms. The Balaban J connectivity index is 1.84. The third kappa shape index (κ3) is 1.86. The molecule has 0 saturated heterocycles. The van der Waals surface area contributed by atoms with Gasteiger partial charge in [-0.3, -0.25) is 9.89 Å². The van der Waals surface area contributed by atoms with Gasteiger partial charge in [0, 0.05) is 11.4 Å². The first-order chi connectivity index (χ1) is 8.75. The molecule has 0 aliphatic heterocycles. The molecule has 3 rings (SSSR count). The van der Waals surface area contributed by atoms with E-state index in [9.17, 15) is 4.79 Å². The van der Waals surface area contributed by atoms with Crippen molar-refractivity contribution in [2.24, 2.45) is 11.7 Å². The first-order valence-corrected chi connectivity index (χ1v) is 6.24. The number of rotatable bonds is 2. The highest BCUT2D eigenvalue weighted by Gasteiger charge is 2.30. The Kier molecular flexibility index (Phi) is 2.76. The first kappa shape index (κ1) is 11.2. The molecule has 0 radical (unpaired) electrons. The largest absolute Gasteiger partial charge is 0.327 e. The number of fused-ring (bicyclic) bond motifs is 1. The standard InChI is InChI=1S/C13H16N4O/c14-10-5-2-4-9(10)13(18)16-11-6-1-3-8-7-15-17-12(8)11/h1,3,6-7,9-10H,2,4-5,14H2,(H,15,17)(H,16,18). The number of benzene rings is 1. The number of H-pyrrole nitrogens is 1. The quantitative estimate of drug-likeness (QED) is 0.750. The van der Waals surface area contributed by atoms with Crippen molar-refractivity contribution in [3.05, 3.63) is 24.4 Å². The van der Waals surface area contributed by atoms with Crippen LogP contribution in [0.3, 0.4) is 0 Å². The molecule has 1 saturated carbocycles. The summed E-state index contributed by atoms with van der Waals surface area (Å²) in [5.41, 5.74) is 7.58. The van der Waals surface area contributed by atoms with Crippen LogP contribution in [-0.4, -0.2) is 22.1 Å². The number of aromatic amines is 1. The van der Waals surface area contributed by atoms with Crippen molar-refractivity contribution in [2.45, 2.75) is 25.3 Å². The number of aromatic nitrogens is 2. The summed E-state index contributed by atoms with van der Waals surface area (Å²) >= 11 is 0. The minimum Gasteiger partial charge on any atom is -0.327 e. The second-order valence-corrected chi connectivity index (χ2v) is 4.83. The fraction of sp³-hybridized carbons (Fsp3) is 0.385. The van der Waals surface area contributed by atoms with Crippen LogP contribution in [0.1, 0.15) is 19.3 Å². The Labute approximate surface area is 105 Å². The van der Waals surface area contributed by atoms with E-state index in [0.717, 1.165) is 35.9 Å². The fourth-order valence-corrected chi connectivity index (χ4v) is 2.61. The van der Waals surface area contributed by atoms with Gasteiger partial charge in [0.1, 0.15) is 0 Å². The van der Waals surface area contributed by atoms with E-state index < -0.39 is 0 Å². The molecule has 1 amide bonds. The van der Waals surface area contributed by atoms with E-state index in [1.807, 2.05) is 18.2 Å². The van der Waals surface area contributed by atoms with Gasteiger partial charge in [-0.1, -0.05) is 18.6 Å². The number of carbonyl (C=O) groups excluding carboxylic acids is 1. The number of nitrogens with zero attached hydrogens (tertiary/aromatic N) is 1. The average Bonchev–Trinajstić information content (AvgIpc) is 2.97. The van der Waals surface area contributed by atoms with E-state index in [0.29, 0.717) is 0 Å². The van der Waals surface area contributed by atoms with Crippen molar-refractivity contribution in [1.29, 1.82) is 0 Å². The lowest BCUT2D eigenvalue weighted by Gasteiger charge is -2.15. The molecule has 1 aliphatic carbocycles. The van der Waals surface area contributed by atoms with Crippen LogP contribution in [0, 0.1) is 5.92 Å². The Morgan fingerprint density at radius 3 is 3.11 bits per heavy atom. The Hall–Kier alpha value is -1.88. The van der Waals surface area contributed by atoms with E-state index in [2.05, 4.69) is 15.5 Å². The Morgan fingerprint density at radius 1 is 1.44 bits per heavy atom. The van der Waals surface area contributed by atoms with Gasteiger partial charge in [-0.2, -0.15) is 5.10 Å². The lowest BCUT2D eigenvalue weighted by atomic mass is 10.0. The smallest absolute Gasteiger partial charge is 0.229 e. The Morgan fingerprint density at radius 2 is 2.33 bits per heavy atom. The van der Waals surface area contributed by atoms with Gasteiger partial charge in [-0.15, -0.1) is 0 Å². The third-order valence-corrected chi connectivity index (χ3v) is 3.64. The van der Waals surface area contributed by atoms with Crippen molar-refractivity contribution in [3.63, 3.8) is 0 Å². The molecule has 1 heterocycles. The molecule has 1 fully saturated rings. The number of nitrogens with one attached hydrogen (secondary N) is 2. The van der Waals surface area contributed by atoms with E-state index in [4.69, 9.17) is 5.73 Å². The predicted octanol–water partition coefficient (Wildman–Crippen LogP) is 1.63. The van der Waals surface area contributed by atoms with Crippen LogP contribution in [0.25, 0.3) is 10.9 Å². The van der Waals surface area contributed by atoms with Crippen molar-refractivity contribution in [2.75, 3.05) is 5.32 Å². The maximum Gasteiger partial charge on any atom is 0.229 e. The van der Waals surface area contributed by atoms with Crippen LogP contribution in [0.4, 0.5) is 5.69 Å². The number of para-hydroxylation sites is 1. The molecule has 18 heavy (non-hydrogen) atoms. The number of amides is 1. The van der Waals surface area contributed by atoms with Crippen molar-refractivity contribution < 1.29 is 4.79 Å². The number of carbonyl (C=O) groups is 1. The molecular formula is C13H16N4O. The van der Waals surface area contributed by atoms with Gasteiger partial charge in [-0.25, -0.2) is 0 Å². The fourth-order valence-electron chi connectivity index (χ4n) is 2.61. The van der Waals surface area contributed by atoms with E-state index in [1.165, 1.54) is 0 Å². The zero-order valence-electron chi connectivity index (χ0n) is 10.0. The lowest BCUT2D eigenvalue weighted by Crippen LogP contribution is -2.34. The summed E-state index contributed by atoms with van der Waals surface area (Å²) in [6.45, 7) is 0. The van der Waals surface area contributed by atoms with E-state index >= 15 is 0 Å². The molecule has 2 atom stereocenters. The highest BCUT2D eigenvalue weighted by molar-refractivity contribution is 6.01. The molecule has 2 aromatic rings. The van der Waals surface area contributed by atoms with Gasteiger partial charge >= 0.3 is 0 Å². The molecule has 94 valence electrons. The van der Waals surface area contributed by atoms with Gasteiger partial charge in [0.15, 0.2) is 0 Å². The van der Waals surface area contributed by atoms with Crippen LogP contribution >= 0.6 is 0 Å². The van der Waals surface area contributed by atoms with Gasteiger partial charge < -0.3 is 11.1 Å². The summed E-state index contributed by atoms with van der Waals surface area (Å²) in [7, 11) is 0. The number of hydrogen-bond donors (Lipinski definition) is 3. The minimum atomic E-state index is -0.0665. The van der Waals surface area contributed by atoms with Crippen molar-refractivity contribution >= 4 is 22.5 Å². The summed E-state index contributed by atoms with van der Waals surface area (Å²) in [6, 6.07) is 5.72. The summed E-state index contributed by atoms with van der Waals surface area (Å²) in [4.78, 5) is 12.2. The molecule has 5 nitrogen and oxygen atoms in total. The summed E-state index contributed by atoms with van der Waals surface area (Å²) in [5, 5.41) is 10.8. The van der Waals surface area contributed by atoms with Gasteiger partial charge in [0.05, 0.1) is 23.3 Å². The molecule has 1 aromatic carbocycles. The van der Waals surface area contributed by atoms with Crippen LogP contribution in [0.15, 0.2) is 24.4 Å². The van der Waals surface area contributed by atoms with Crippen LogP contribution in [0.2, 0.25) is 0 Å². The maximum absolute atomic E-state index is 12.2. The molecule has 4 N–H and O–H groups in total. The molecule has 1 aromatic heterocycles. The summed E-state index contributed by atoms with van der Waals surface area (Å²) < 4.78 is 0. The zero-order chi connectivity index (χ0) is 12.5. The highest BCUT2D eigenvalue weighted by atomic mass is 16.1. The number of nitrogens with two attached hydrogens (primary N) is 1. The molecular weight excluding hydrogens is 228 g/mol. The monoisotopic (exact) mass is 244 g/mol. The van der Waals surface area contributed by atoms with Crippen molar-refractivity contribution in [3.8, 4) is 0 Å². The average molecular weight is 244 g/mol. The molecule has 2 unspecified atom stereocenters. The topological polar surface area (TPSA) is 83.8 Å². The number of hydrogen-bond acceptors (Lipinski definition) is 3. The van der Waals surface area contributed by atoms with E-state index in [-0.39, 0.29) is 17.9 Å². The van der Waals surface area contributed by atoms with Crippen molar-refractivity contribution in [1.82, 2.24) is 10.2 Å². The number of anilines is 1. The molecule has 5 heteroatoms. The molecule has 1 aliphatic rings. The van der Waals surface area contributed by atoms with Gasteiger partial charge in [-0.05, 0) is 18.9 Å². The summed E-state index contributed by atoms with van der Waals surface area (Å²) in [6.07, 6.45) is 4.60. The Bertz CT molecular complexity index is 577. The second-order valence-electron chi connectivity index (χ2n) is 4.83.